The lowest BCUT2D eigenvalue weighted by molar-refractivity contribution is 0.0869. The standard InChI is InChI=1S/C26H26FN3O5/c1-14(34-18-10-7-16(8-11-18)23(32)15-5-6-15)26-29-24(30-35-26)17-9-12-19(20(27)13-17)25(33)28-21-3-2-4-22(21)31/h7-15,21-22,31H,2-6H2,1H3,(H,28,33)/t14-,21-,22-/m1/s1. The molecule has 3 atom stereocenters. The first-order valence-corrected chi connectivity index (χ1v) is 11.8. The lowest BCUT2D eigenvalue weighted by Crippen LogP contribution is -2.40. The first kappa shape index (κ1) is 23.2. The molecular formula is C26H26FN3O5. The molecule has 0 aliphatic heterocycles. The van der Waals surface area contributed by atoms with Crippen LogP contribution < -0.4 is 10.1 Å². The van der Waals surface area contributed by atoms with Gasteiger partial charge in [0.05, 0.1) is 17.7 Å². The van der Waals surface area contributed by atoms with Crippen LogP contribution in [0.25, 0.3) is 11.4 Å². The van der Waals surface area contributed by atoms with Crippen molar-refractivity contribution in [1.29, 1.82) is 0 Å². The first-order chi connectivity index (χ1) is 16.9. The van der Waals surface area contributed by atoms with Crippen LogP contribution in [0.4, 0.5) is 4.39 Å². The molecule has 2 aromatic carbocycles. The van der Waals surface area contributed by atoms with Gasteiger partial charge < -0.3 is 19.7 Å². The third-order valence-electron chi connectivity index (χ3n) is 6.46. The average Bonchev–Trinajstić information content (AvgIpc) is 3.44. The Kier molecular flexibility index (Phi) is 6.34. The average molecular weight is 480 g/mol. The maximum atomic E-state index is 14.7. The van der Waals surface area contributed by atoms with E-state index in [1.165, 1.54) is 12.1 Å². The number of halogens is 1. The van der Waals surface area contributed by atoms with Crippen molar-refractivity contribution in [2.75, 3.05) is 0 Å². The number of aliphatic hydroxyl groups is 1. The highest BCUT2D eigenvalue weighted by Crippen LogP contribution is 2.33. The predicted molar refractivity (Wildman–Crippen MR) is 123 cm³/mol. The minimum atomic E-state index is -0.719. The van der Waals surface area contributed by atoms with Crippen molar-refractivity contribution in [2.45, 2.75) is 57.3 Å². The van der Waals surface area contributed by atoms with Gasteiger partial charge in [0, 0.05) is 17.0 Å². The number of ketones is 1. The summed E-state index contributed by atoms with van der Waals surface area (Å²) in [5.41, 5.74) is 0.910. The van der Waals surface area contributed by atoms with E-state index < -0.39 is 23.9 Å². The van der Waals surface area contributed by atoms with Crippen LogP contribution in [0.2, 0.25) is 0 Å². The molecule has 2 aliphatic carbocycles. The summed E-state index contributed by atoms with van der Waals surface area (Å²) in [4.78, 5) is 28.9. The number of aromatic nitrogens is 2. The van der Waals surface area contributed by atoms with Gasteiger partial charge >= 0.3 is 0 Å². The lowest BCUT2D eigenvalue weighted by Gasteiger charge is -2.16. The fourth-order valence-electron chi connectivity index (χ4n) is 4.24. The van der Waals surface area contributed by atoms with E-state index >= 15 is 0 Å². The summed E-state index contributed by atoms with van der Waals surface area (Å²) in [5, 5.41) is 16.5. The molecule has 1 heterocycles. The van der Waals surface area contributed by atoms with Crippen LogP contribution in [0, 0.1) is 11.7 Å². The molecule has 2 saturated carbocycles. The zero-order chi connectivity index (χ0) is 24.5. The summed E-state index contributed by atoms with van der Waals surface area (Å²) in [6, 6.07) is 10.7. The van der Waals surface area contributed by atoms with E-state index in [-0.39, 0.29) is 35.0 Å². The highest BCUT2D eigenvalue weighted by Gasteiger charge is 2.30. The van der Waals surface area contributed by atoms with Gasteiger partial charge in [0.25, 0.3) is 11.8 Å². The van der Waals surface area contributed by atoms with Crippen molar-refractivity contribution in [2.24, 2.45) is 5.92 Å². The number of nitrogens with zero attached hydrogens (tertiary/aromatic N) is 2. The molecule has 182 valence electrons. The highest BCUT2D eigenvalue weighted by molar-refractivity contribution is 5.99. The SMILES string of the molecule is C[C@@H](Oc1ccc(C(=O)C2CC2)cc1)c1nc(-c2ccc(C(=O)N[C@@H]3CCC[C@H]3O)c(F)c2)no1. The zero-order valence-corrected chi connectivity index (χ0v) is 19.2. The summed E-state index contributed by atoms with van der Waals surface area (Å²) in [6.07, 6.45) is 2.85. The molecule has 5 rings (SSSR count). The van der Waals surface area contributed by atoms with Crippen LogP contribution in [0.3, 0.4) is 0 Å². The number of benzene rings is 2. The Hall–Kier alpha value is -3.59. The normalized spacial score (nSPS) is 20.4. The molecule has 8 nitrogen and oxygen atoms in total. The van der Waals surface area contributed by atoms with Gasteiger partial charge in [-0.2, -0.15) is 4.98 Å². The topological polar surface area (TPSA) is 115 Å². The largest absolute Gasteiger partial charge is 0.481 e. The fraction of sp³-hybridized carbons (Fsp3) is 0.385. The minimum absolute atomic E-state index is 0.114. The van der Waals surface area contributed by atoms with E-state index in [4.69, 9.17) is 9.26 Å². The maximum Gasteiger partial charge on any atom is 0.267 e. The van der Waals surface area contributed by atoms with Gasteiger partial charge in [-0.1, -0.05) is 11.2 Å². The van der Waals surface area contributed by atoms with Crippen LogP contribution in [0.1, 0.15) is 71.7 Å². The molecule has 9 heteroatoms. The summed E-state index contributed by atoms with van der Waals surface area (Å²) in [5.74, 6) is -0.0412. The number of rotatable bonds is 8. The number of amides is 1. The molecule has 2 aliphatic rings. The van der Waals surface area contributed by atoms with Gasteiger partial charge in [-0.3, -0.25) is 9.59 Å². The number of aliphatic hydroxyl groups excluding tert-OH is 1. The summed E-state index contributed by atoms with van der Waals surface area (Å²) >= 11 is 0. The van der Waals surface area contributed by atoms with Crippen molar-refractivity contribution < 1.29 is 28.3 Å². The Morgan fingerprint density at radius 3 is 2.57 bits per heavy atom. The van der Waals surface area contributed by atoms with Gasteiger partial charge in [-0.15, -0.1) is 0 Å². The highest BCUT2D eigenvalue weighted by atomic mass is 19.1. The predicted octanol–water partition coefficient (Wildman–Crippen LogP) is 4.25. The van der Waals surface area contributed by atoms with Crippen molar-refractivity contribution in [1.82, 2.24) is 15.5 Å². The third-order valence-corrected chi connectivity index (χ3v) is 6.46. The maximum absolute atomic E-state index is 14.7. The number of hydrogen-bond acceptors (Lipinski definition) is 7. The molecule has 1 aromatic heterocycles. The number of Topliss-reactive ketones (excluding diaryl/α,β-unsaturated/α-hetero) is 1. The quantitative estimate of drug-likeness (QED) is 0.464. The van der Waals surface area contributed by atoms with E-state index in [1.807, 2.05) is 0 Å². The van der Waals surface area contributed by atoms with Gasteiger partial charge in [-0.25, -0.2) is 4.39 Å². The molecule has 2 N–H and O–H groups in total. The lowest BCUT2D eigenvalue weighted by atomic mass is 10.1. The fourth-order valence-corrected chi connectivity index (χ4v) is 4.24. The van der Waals surface area contributed by atoms with E-state index in [1.54, 1.807) is 37.3 Å². The van der Waals surface area contributed by atoms with E-state index in [0.29, 0.717) is 29.7 Å². The van der Waals surface area contributed by atoms with Crippen LogP contribution in [0.15, 0.2) is 47.0 Å². The number of ether oxygens (including phenoxy) is 1. The van der Waals surface area contributed by atoms with Crippen LogP contribution in [-0.4, -0.2) is 39.1 Å². The second-order valence-corrected chi connectivity index (χ2v) is 9.15. The van der Waals surface area contributed by atoms with E-state index in [2.05, 4.69) is 15.5 Å². The zero-order valence-electron chi connectivity index (χ0n) is 19.2. The van der Waals surface area contributed by atoms with Gasteiger partial charge in [0.2, 0.25) is 5.82 Å². The summed E-state index contributed by atoms with van der Waals surface area (Å²) < 4.78 is 25.8. The Bertz CT molecular complexity index is 1240. The molecule has 0 radical (unpaired) electrons. The molecule has 0 bridgehead atoms. The third kappa shape index (κ3) is 5.09. The van der Waals surface area contributed by atoms with Crippen molar-refractivity contribution in [3.05, 3.63) is 65.3 Å². The van der Waals surface area contributed by atoms with Crippen LogP contribution in [-0.2, 0) is 0 Å². The molecule has 0 unspecified atom stereocenters. The Morgan fingerprint density at radius 2 is 1.91 bits per heavy atom. The Balaban J connectivity index is 1.23. The molecule has 0 spiro atoms. The van der Waals surface area contributed by atoms with E-state index in [9.17, 15) is 19.1 Å². The van der Waals surface area contributed by atoms with Crippen molar-refractivity contribution in [3.8, 4) is 17.1 Å². The monoisotopic (exact) mass is 479 g/mol. The van der Waals surface area contributed by atoms with Crippen LogP contribution >= 0.6 is 0 Å². The van der Waals surface area contributed by atoms with Gasteiger partial charge in [-0.05, 0) is 75.4 Å². The second kappa shape index (κ2) is 9.58. The molecule has 0 saturated heterocycles. The number of carbonyl (C=O) groups excluding carboxylic acids is 2. The first-order valence-electron chi connectivity index (χ1n) is 11.8. The van der Waals surface area contributed by atoms with Crippen LogP contribution in [0.5, 0.6) is 5.75 Å². The smallest absolute Gasteiger partial charge is 0.267 e. The summed E-state index contributed by atoms with van der Waals surface area (Å²) in [6.45, 7) is 1.74. The Morgan fingerprint density at radius 1 is 1.14 bits per heavy atom. The van der Waals surface area contributed by atoms with Crippen molar-refractivity contribution in [3.63, 3.8) is 0 Å². The van der Waals surface area contributed by atoms with Gasteiger partial charge in [0.15, 0.2) is 11.9 Å². The van der Waals surface area contributed by atoms with E-state index in [0.717, 1.165) is 19.3 Å². The second-order valence-electron chi connectivity index (χ2n) is 9.15. The molecule has 1 amide bonds. The minimum Gasteiger partial charge on any atom is -0.481 e. The molecule has 35 heavy (non-hydrogen) atoms. The van der Waals surface area contributed by atoms with Gasteiger partial charge in [0.1, 0.15) is 11.6 Å². The summed E-state index contributed by atoms with van der Waals surface area (Å²) in [7, 11) is 0. The molecule has 3 aromatic rings. The molecule has 2 fully saturated rings. The van der Waals surface area contributed by atoms with Crippen molar-refractivity contribution >= 4 is 11.7 Å². The number of hydrogen-bond donors (Lipinski definition) is 2. The Labute approximate surface area is 201 Å². The molecular weight excluding hydrogens is 453 g/mol. The number of carbonyl (C=O) groups is 2. The number of nitrogens with one attached hydrogen (secondary N) is 1.